The van der Waals surface area contributed by atoms with Gasteiger partial charge in [-0.05, 0) is 48.9 Å². The number of nitrogens with zero attached hydrogens (tertiary/aromatic N) is 1. The average molecular weight is 405 g/mol. The Morgan fingerprint density at radius 1 is 1.07 bits per heavy atom. The number of halogens is 2. The third-order valence-electron chi connectivity index (χ3n) is 3.74. The summed E-state index contributed by atoms with van der Waals surface area (Å²) < 4.78 is 5.41. The van der Waals surface area contributed by atoms with Crippen LogP contribution in [0.25, 0.3) is 6.08 Å². The summed E-state index contributed by atoms with van der Waals surface area (Å²) in [6.45, 7) is 2.34. The number of rotatable bonds is 4. The lowest BCUT2D eigenvalue weighted by Gasteiger charge is -2.26. The third kappa shape index (κ3) is 3.97. The number of hydrogen-bond donors (Lipinski definition) is 1. The van der Waals surface area contributed by atoms with Crippen LogP contribution in [-0.2, 0) is 9.59 Å². The van der Waals surface area contributed by atoms with Crippen LogP contribution >= 0.6 is 23.2 Å². The number of nitrogens with one attached hydrogen (secondary N) is 1. The molecule has 2 aromatic carbocycles. The number of imide groups is 2. The third-order valence-corrected chi connectivity index (χ3v) is 4.48. The monoisotopic (exact) mass is 404 g/mol. The lowest BCUT2D eigenvalue weighted by atomic mass is 10.1. The average Bonchev–Trinajstić information content (AvgIpc) is 2.62. The number of hydrogen-bond acceptors (Lipinski definition) is 4. The molecule has 0 atom stereocenters. The molecule has 1 heterocycles. The maximum atomic E-state index is 12.8. The zero-order chi connectivity index (χ0) is 19.6. The lowest BCUT2D eigenvalue weighted by molar-refractivity contribution is -0.122. The van der Waals surface area contributed by atoms with Crippen molar-refractivity contribution in [3.63, 3.8) is 0 Å². The van der Waals surface area contributed by atoms with Gasteiger partial charge < -0.3 is 4.74 Å². The van der Waals surface area contributed by atoms with Gasteiger partial charge in [0.25, 0.3) is 11.8 Å². The predicted molar refractivity (Wildman–Crippen MR) is 103 cm³/mol. The van der Waals surface area contributed by atoms with Gasteiger partial charge in [0.2, 0.25) is 0 Å². The van der Waals surface area contributed by atoms with Gasteiger partial charge in [0.1, 0.15) is 11.3 Å². The highest BCUT2D eigenvalue weighted by Gasteiger charge is 2.37. The Morgan fingerprint density at radius 2 is 1.85 bits per heavy atom. The van der Waals surface area contributed by atoms with E-state index in [-0.39, 0.29) is 21.3 Å². The van der Waals surface area contributed by atoms with E-state index in [0.717, 1.165) is 4.90 Å². The molecule has 0 saturated carbocycles. The second-order valence-electron chi connectivity index (χ2n) is 5.56. The van der Waals surface area contributed by atoms with Gasteiger partial charge in [0.15, 0.2) is 0 Å². The molecule has 4 amide bonds. The minimum absolute atomic E-state index is 0.182. The molecular formula is C19H14Cl2N2O4. The van der Waals surface area contributed by atoms with E-state index in [1.54, 1.807) is 24.3 Å². The van der Waals surface area contributed by atoms with Crippen molar-refractivity contribution in [2.24, 2.45) is 0 Å². The summed E-state index contributed by atoms with van der Waals surface area (Å²) in [5.74, 6) is -0.931. The smallest absolute Gasteiger partial charge is 0.335 e. The molecule has 0 unspecified atom stereocenters. The molecule has 6 nitrogen and oxygen atoms in total. The number of carbonyl (C=O) groups is 3. The zero-order valence-corrected chi connectivity index (χ0v) is 15.7. The highest BCUT2D eigenvalue weighted by Crippen LogP contribution is 2.29. The fraction of sp³-hybridized carbons (Fsp3) is 0.105. The SMILES string of the molecule is CCOc1cccc(C=C2C(=O)NC(=O)N(c3ccc(Cl)c(Cl)c3)C2=O)c1. The second-order valence-corrected chi connectivity index (χ2v) is 6.38. The van der Waals surface area contributed by atoms with Crippen LogP contribution in [0.15, 0.2) is 48.0 Å². The minimum Gasteiger partial charge on any atom is -0.494 e. The van der Waals surface area contributed by atoms with E-state index >= 15 is 0 Å². The van der Waals surface area contributed by atoms with Gasteiger partial charge in [-0.25, -0.2) is 9.69 Å². The highest BCUT2D eigenvalue weighted by molar-refractivity contribution is 6.43. The first kappa shape index (κ1) is 18.9. The van der Waals surface area contributed by atoms with Crippen molar-refractivity contribution < 1.29 is 19.1 Å². The van der Waals surface area contributed by atoms with E-state index in [4.69, 9.17) is 27.9 Å². The van der Waals surface area contributed by atoms with Crippen LogP contribution in [0.3, 0.4) is 0 Å². The summed E-state index contributed by atoms with van der Waals surface area (Å²) in [5, 5.41) is 2.62. The Bertz CT molecular complexity index is 972. The van der Waals surface area contributed by atoms with Crippen LogP contribution in [0.4, 0.5) is 10.5 Å². The van der Waals surface area contributed by atoms with Crippen LogP contribution in [0.1, 0.15) is 12.5 Å². The molecule has 138 valence electrons. The summed E-state index contributed by atoms with van der Waals surface area (Å²) in [7, 11) is 0. The molecule has 0 aliphatic carbocycles. The number of amides is 4. The van der Waals surface area contributed by atoms with Crippen molar-refractivity contribution in [2.75, 3.05) is 11.5 Å². The largest absolute Gasteiger partial charge is 0.494 e. The molecule has 2 aromatic rings. The van der Waals surface area contributed by atoms with Crippen molar-refractivity contribution in [2.45, 2.75) is 6.92 Å². The van der Waals surface area contributed by atoms with E-state index in [0.29, 0.717) is 17.9 Å². The van der Waals surface area contributed by atoms with Crippen molar-refractivity contribution in [1.82, 2.24) is 5.32 Å². The molecule has 0 radical (unpaired) electrons. The topological polar surface area (TPSA) is 75.7 Å². The molecule has 0 spiro atoms. The minimum atomic E-state index is -0.858. The van der Waals surface area contributed by atoms with Crippen LogP contribution in [-0.4, -0.2) is 24.5 Å². The van der Waals surface area contributed by atoms with Gasteiger partial charge in [-0.3, -0.25) is 14.9 Å². The van der Waals surface area contributed by atoms with E-state index in [2.05, 4.69) is 5.32 Å². The number of carbonyl (C=O) groups excluding carboxylic acids is 3. The number of barbiturate groups is 1. The van der Waals surface area contributed by atoms with E-state index in [1.807, 2.05) is 6.92 Å². The summed E-state index contributed by atoms with van der Waals surface area (Å²) >= 11 is 11.9. The van der Waals surface area contributed by atoms with Gasteiger partial charge >= 0.3 is 6.03 Å². The van der Waals surface area contributed by atoms with Crippen LogP contribution in [0.5, 0.6) is 5.75 Å². The number of benzene rings is 2. The van der Waals surface area contributed by atoms with Crippen LogP contribution in [0, 0.1) is 0 Å². The second kappa shape index (κ2) is 7.82. The first-order valence-corrected chi connectivity index (χ1v) is 8.75. The van der Waals surface area contributed by atoms with Gasteiger partial charge in [-0.15, -0.1) is 0 Å². The fourth-order valence-electron chi connectivity index (χ4n) is 2.54. The van der Waals surface area contributed by atoms with Crippen LogP contribution < -0.4 is 15.0 Å². The van der Waals surface area contributed by atoms with Gasteiger partial charge in [0.05, 0.1) is 22.3 Å². The number of anilines is 1. The molecule has 0 bridgehead atoms. The maximum Gasteiger partial charge on any atom is 0.335 e. The molecule has 1 fully saturated rings. The fourth-order valence-corrected chi connectivity index (χ4v) is 2.84. The summed E-state index contributed by atoms with van der Waals surface area (Å²) in [6, 6.07) is 10.4. The summed E-state index contributed by atoms with van der Waals surface area (Å²) in [6.07, 6.45) is 1.40. The molecule has 1 aliphatic rings. The first-order chi connectivity index (χ1) is 12.9. The quantitative estimate of drug-likeness (QED) is 0.615. The van der Waals surface area contributed by atoms with Crippen LogP contribution in [0.2, 0.25) is 10.0 Å². The van der Waals surface area contributed by atoms with Crippen molar-refractivity contribution >= 4 is 52.8 Å². The number of urea groups is 1. The molecule has 1 saturated heterocycles. The van der Waals surface area contributed by atoms with Gasteiger partial charge in [-0.2, -0.15) is 0 Å². The molecular weight excluding hydrogens is 391 g/mol. The Balaban J connectivity index is 1.99. The van der Waals surface area contributed by atoms with E-state index in [1.165, 1.54) is 24.3 Å². The normalized spacial score (nSPS) is 15.9. The highest BCUT2D eigenvalue weighted by atomic mass is 35.5. The van der Waals surface area contributed by atoms with Gasteiger partial charge in [-0.1, -0.05) is 35.3 Å². The molecule has 1 aliphatic heterocycles. The van der Waals surface area contributed by atoms with Crippen molar-refractivity contribution in [3.05, 3.63) is 63.6 Å². The van der Waals surface area contributed by atoms with E-state index < -0.39 is 17.8 Å². The summed E-state index contributed by atoms with van der Waals surface area (Å²) in [5.41, 5.74) is 0.602. The summed E-state index contributed by atoms with van der Waals surface area (Å²) in [4.78, 5) is 38.1. The lowest BCUT2D eigenvalue weighted by Crippen LogP contribution is -2.54. The maximum absolute atomic E-state index is 12.8. The molecule has 0 aromatic heterocycles. The Morgan fingerprint density at radius 3 is 2.56 bits per heavy atom. The Kier molecular flexibility index (Phi) is 5.48. The standard InChI is InChI=1S/C19H14Cl2N2O4/c1-2-27-13-5-3-4-11(8-13)9-14-17(24)22-19(26)23(18(14)25)12-6-7-15(20)16(21)10-12/h3-10H,2H2,1H3,(H,22,24,26). The molecule has 8 heteroatoms. The van der Waals surface area contributed by atoms with Gasteiger partial charge in [0, 0.05) is 0 Å². The Labute approximate surface area is 165 Å². The predicted octanol–water partition coefficient (Wildman–Crippen LogP) is 4.06. The van der Waals surface area contributed by atoms with Crippen molar-refractivity contribution in [3.8, 4) is 5.75 Å². The molecule has 27 heavy (non-hydrogen) atoms. The Hall–Kier alpha value is -2.83. The molecule has 1 N–H and O–H groups in total. The van der Waals surface area contributed by atoms with Crippen molar-refractivity contribution in [1.29, 1.82) is 0 Å². The first-order valence-electron chi connectivity index (χ1n) is 8.00. The number of ether oxygens (including phenoxy) is 1. The zero-order valence-electron chi connectivity index (χ0n) is 14.2. The molecule has 3 rings (SSSR count). The van der Waals surface area contributed by atoms with E-state index in [9.17, 15) is 14.4 Å².